The third-order valence-electron chi connectivity index (χ3n) is 7.22. The summed E-state index contributed by atoms with van der Waals surface area (Å²) in [6.07, 6.45) is 2.10. The second-order valence-corrected chi connectivity index (χ2v) is 9.47. The van der Waals surface area contributed by atoms with Crippen molar-refractivity contribution in [2.24, 2.45) is 0 Å². The van der Waals surface area contributed by atoms with Crippen molar-refractivity contribution in [3.63, 3.8) is 0 Å². The van der Waals surface area contributed by atoms with E-state index in [1.165, 1.54) is 18.2 Å². The molecule has 1 aromatic heterocycles. The van der Waals surface area contributed by atoms with Gasteiger partial charge in [-0.25, -0.2) is 4.79 Å². The molecule has 0 bridgehead atoms. The van der Waals surface area contributed by atoms with Crippen molar-refractivity contribution in [2.75, 3.05) is 7.11 Å². The fourth-order valence-electron chi connectivity index (χ4n) is 5.66. The molecule has 36 heavy (non-hydrogen) atoms. The van der Waals surface area contributed by atoms with Crippen LogP contribution in [0.25, 0.3) is 16.6 Å². The quantitative estimate of drug-likeness (QED) is 0.383. The number of methoxy groups -OCH3 is 1. The monoisotopic (exact) mass is 474 g/mol. The van der Waals surface area contributed by atoms with E-state index in [-0.39, 0.29) is 5.78 Å². The standard InChI is InChI=1S/C31H26N2O3/c1-18-9-8-10-20(15-18)16-33-17-24(21-11-6-7-14-25(21)33)27-26(31(35)36-3)19(2)32-29-22-12-4-5-13-23(22)30(34)28(27)29/h4-15,17,27,32H,16H2,1-3H3/t27-/m0/s1. The van der Waals surface area contributed by atoms with E-state index in [9.17, 15) is 9.59 Å². The number of benzene rings is 3. The Morgan fingerprint density at radius 2 is 1.72 bits per heavy atom. The Labute approximate surface area is 209 Å². The van der Waals surface area contributed by atoms with Crippen LogP contribution in [-0.4, -0.2) is 23.4 Å². The Hall–Kier alpha value is -4.38. The lowest BCUT2D eigenvalue weighted by molar-refractivity contribution is -0.136. The second-order valence-electron chi connectivity index (χ2n) is 9.47. The molecular formula is C31H26N2O3. The van der Waals surface area contributed by atoms with Crippen LogP contribution in [-0.2, 0) is 16.1 Å². The lowest BCUT2D eigenvalue weighted by Gasteiger charge is -2.28. The zero-order valence-corrected chi connectivity index (χ0v) is 20.5. The summed E-state index contributed by atoms with van der Waals surface area (Å²) in [6, 6.07) is 24.2. The molecule has 0 unspecified atom stereocenters. The minimum atomic E-state index is -0.544. The van der Waals surface area contributed by atoms with Gasteiger partial charge in [-0.15, -0.1) is 0 Å². The fraction of sp³-hybridized carbons (Fsp3) is 0.161. The Kier molecular flexibility index (Phi) is 5.15. The van der Waals surface area contributed by atoms with Crippen molar-refractivity contribution in [3.05, 3.63) is 124 Å². The molecule has 5 heteroatoms. The van der Waals surface area contributed by atoms with Crippen molar-refractivity contribution in [1.29, 1.82) is 0 Å². The molecule has 1 atom stereocenters. The van der Waals surface area contributed by atoms with Crippen LogP contribution in [0.15, 0.2) is 95.8 Å². The molecule has 0 saturated carbocycles. The van der Waals surface area contributed by atoms with Gasteiger partial charge in [-0.05, 0) is 31.0 Å². The number of aryl methyl sites for hydroxylation is 1. The second kappa shape index (κ2) is 8.38. The van der Waals surface area contributed by atoms with Gasteiger partial charge in [0.15, 0.2) is 5.78 Å². The number of allylic oxidation sites excluding steroid dienone is 2. The van der Waals surface area contributed by atoms with Gasteiger partial charge in [-0.2, -0.15) is 0 Å². The van der Waals surface area contributed by atoms with Gasteiger partial charge in [0.25, 0.3) is 0 Å². The van der Waals surface area contributed by atoms with Crippen molar-refractivity contribution in [3.8, 4) is 0 Å². The van der Waals surface area contributed by atoms with Crippen LogP contribution in [0.5, 0.6) is 0 Å². The van der Waals surface area contributed by atoms with Crippen LogP contribution in [0, 0.1) is 6.92 Å². The molecule has 0 saturated heterocycles. The molecule has 2 aliphatic rings. The van der Waals surface area contributed by atoms with Crippen LogP contribution < -0.4 is 5.32 Å². The number of Topliss-reactive ketones (excluding diaryl/α,β-unsaturated/α-hetero) is 1. The lowest BCUT2D eigenvalue weighted by Crippen LogP contribution is -2.29. The van der Waals surface area contributed by atoms with E-state index >= 15 is 0 Å². The lowest BCUT2D eigenvalue weighted by atomic mass is 9.79. The number of esters is 1. The third-order valence-corrected chi connectivity index (χ3v) is 7.22. The normalized spacial score (nSPS) is 16.8. The summed E-state index contributed by atoms with van der Waals surface area (Å²) in [5.74, 6) is -1.03. The highest BCUT2D eigenvalue weighted by Crippen LogP contribution is 2.48. The molecule has 178 valence electrons. The maximum absolute atomic E-state index is 13.8. The molecule has 1 aliphatic carbocycles. The molecule has 4 aromatic rings. The molecule has 0 radical (unpaired) electrons. The Bertz CT molecular complexity index is 1640. The zero-order chi connectivity index (χ0) is 25.0. The summed E-state index contributed by atoms with van der Waals surface area (Å²) in [5, 5.41) is 4.38. The molecule has 5 nitrogen and oxygen atoms in total. The number of carbonyl (C=O) groups is 2. The molecule has 1 aliphatic heterocycles. The van der Waals surface area contributed by atoms with Crippen molar-refractivity contribution >= 4 is 28.4 Å². The number of fused-ring (bicyclic) bond motifs is 3. The van der Waals surface area contributed by atoms with Gasteiger partial charge >= 0.3 is 5.97 Å². The number of carbonyl (C=O) groups excluding carboxylic acids is 2. The van der Waals surface area contributed by atoms with Gasteiger partial charge in [0.2, 0.25) is 0 Å². The molecule has 3 aromatic carbocycles. The fourth-order valence-corrected chi connectivity index (χ4v) is 5.66. The number of aromatic nitrogens is 1. The van der Waals surface area contributed by atoms with Crippen LogP contribution >= 0.6 is 0 Å². The van der Waals surface area contributed by atoms with Gasteiger partial charge in [0.05, 0.1) is 24.3 Å². The van der Waals surface area contributed by atoms with Gasteiger partial charge in [0, 0.05) is 46.0 Å². The third kappa shape index (κ3) is 3.31. The Morgan fingerprint density at radius 1 is 0.972 bits per heavy atom. The predicted molar refractivity (Wildman–Crippen MR) is 141 cm³/mol. The average molecular weight is 475 g/mol. The van der Waals surface area contributed by atoms with Gasteiger partial charge in [-0.1, -0.05) is 72.3 Å². The summed E-state index contributed by atoms with van der Waals surface area (Å²) in [6.45, 7) is 4.65. The molecule has 0 amide bonds. The van der Waals surface area contributed by atoms with Crippen molar-refractivity contribution < 1.29 is 14.3 Å². The summed E-state index contributed by atoms with van der Waals surface area (Å²) in [7, 11) is 1.38. The van der Waals surface area contributed by atoms with E-state index < -0.39 is 11.9 Å². The van der Waals surface area contributed by atoms with Crippen LogP contribution in [0.4, 0.5) is 0 Å². The van der Waals surface area contributed by atoms with E-state index in [1.807, 2.05) is 43.3 Å². The highest BCUT2D eigenvalue weighted by molar-refractivity contribution is 6.23. The first kappa shape index (κ1) is 22.1. The highest BCUT2D eigenvalue weighted by Gasteiger charge is 2.43. The van der Waals surface area contributed by atoms with Gasteiger partial charge < -0.3 is 14.6 Å². The van der Waals surface area contributed by atoms with Crippen molar-refractivity contribution in [1.82, 2.24) is 9.88 Å². The number of hydrogen-bond acceptors (Lipinski definition) is 4. The summed E-state index contributed by atoms with van der Waals surface area (Å²) in [5.41, 5.74) is 8.45. The van der Waals surface area contributed by atoms with E-state index in [0.717, 1.165) is 27.7 Å². The van der Waals surface area contributed by atoms with E-state index in [2.05, 4.69) is 59.4 Å². The number of nitrogens with zero attached hydrogens (tertiary/aromatic N) is 1. The minimum Gasteiger partial charge on any atom is -0.466 e. The first-order valence-electron chi connectivity index (χ1n) is 12.1. The smallest absolute Gasteiger partial charge is 0.336 e. The van der Waals surface area contributed by atoms with Gasteiger partial charge in [0.1, 0.15) is 0 Å². The molecule has 0 fully saturated rings. The first-order valence-corrected chi connectivity index (χ1v) is 12.1. The number of ketones is 1. The first-order chi connectivity index (χ1) is 17.5. The van der Waals surface area contributed by atoms with Crippen molar-refractivity contribution in [2.45, 2.75) is 26.3 Å². The van der Waals surface area contributed by atoms with E-state index in [1.54, 1.807) is 0 Å². The molecule has 2 heterocycles. The maximum Gasteiger partial charge on any atom is 0.336 e. The molecule has 1 N–H and O–H groups in total. The molecule has 6 rings (SSSR count). The number of dihydropyridines is 1. The number of rotatable bonds is 4. The Morgan fingerprint density at radius 3 is 2.50 bits per heavy atom. The summed E-state index contributed by atoms with van der Waals surface area (Å²) in [4.78, 5) is 26.9. The number of ether oxygens (including phenoxy) is 1. The summed E-state index contributed by atoms with van der Waals surface area (Å²) < 4.78 is 7.43. The molecular weight excluding hydrogens is 448 g/mol. The van der Waals surface area contributed by atoms with Gasteiger partial charge in [-0.3, -0.25) is 4.79 Å². The predicted octanol–water partition coefficient (Wildman–Crippen LogP) is 5.74. The Balaban J connectivity index is 1.58. The van der Waals surface area contributed by atoms with Crippen LogP contribution in [0.1, 0.15) is 45.5 Å². The minimum absolute atomic E-state index is 0.0532. The summed E-state index contributed by atoms with van der Waals surface area (Å²) >= 11 is 0. The van der Waals surface area contributed by atoms with E-state index in [0.29, 0.717) is 29.0 Å². The number of para-hydroxylation sites is 1. The topological polar surface area (TPSA) is 60.3 Å². The largest absolute Gasteiger partial charge is 0.466 e. The number of hydrogen-bond donors (Lipinski definition) is 1. The molecule has 0 spiro atoms. The SMILES string of the molecule is COC(=O)C1=C(C)NC2=C(C(=O)c3ccccc32)[C@H]1c1cn(Cc2cccc(C)c2)c2ccccc12. The number of nitrogens with one attached hydrogen (secondary N) is 1. The maximum atomic E-state index is 13.8. The van der Waals surface area contributed by atoms with Crippen LogP contribution in [0.3, 0.4) is 0 Å². The highest BCUT2D eigenvalue weighted by atomic mass is 16.5. The zero-order valence-electron chi connectivity index (χ0n) is 20.5. The van der Waals surface area contributed by atoms with E-state index in [4.69, 9.17) is 4.74 Å². The van der Waals surface area contributed by atoms with Crippen LogP contribution in [0.2, 0.25) is 0 Å². The average Bonchev–Trinajstić information content (AvgIpc) is 3.38.